The lowest BCUT2D eigenvalue weighted by molar-refractivity contribution is -0.142. The molecule has 0 aromatic heterocycles. The van der Waals surface area contributed by atoms with Crippen molar-refractivity contribution in [2.45, 2.75) is 38.3 Å². The van der Waals surface area contributed by atoms with E-state index >= 15 is 0 Å². The lowest BCUT2D eigenvalue weighted by Gasteiger charge is -2.38. The van der Waals surface area contributed by atoms with Crippen molar-refractivity contribution in [3.05, 3.63) is 0 Å². The Bertz CT molecular complexity index is 382. The standard InChI is InChI=1S/C14H25N3O4/c1-2-5-17(12-9-21-8-11(12)13(18)19)14(20)16-6-3-10(15)4-7-16/h10-12H,2-9,15H2,1H3,(H,18,19). The van der Waals surface area contributed by atoms with Gasteiger partial charge in [-0.1, -0.05) is 6.92 Å². The van der Waals surface area contributed by atoms with Crippen molar-refractivity contribution in [3.8, 4) is 0 Å². The summed E-state index contributed by atoms with van der Waals surface area (Å²) in [7, 11) is 0. The summed E-state index contributed by atoms with van der Waals surface area (Å²) >= 11 is 0. The van der Waals surface area contributed by atoms with Crippen LogP contribution < -0.4 is 5.73 Å². The molecule has 0 saturated carbocycles. The van der Waals surface area contributed by atoms with Crippen LogP contribution in [0.5, 0.6) is 0 Å². The first-order chi connectivity index (χ1) is 10.0. The predicted molar refractivity (Wildman–Crippen MR) is 76.9 cm³/mol. The third-order valence-corrected chi connectivity index (χ3v) is 4.29. The second-order valence-corrected chi connectivity index (χ2v) is 5.85. The molecule has 2 heterocycles. The van der Waals surface area contributed by atoms with Crippen molar-refractivity contribution in [1.82, 2.24) is 9.80 Å². The van der Waals surface area contributed by atoms with Crippen molar-refractivity contribution in [1.29, 1.82) is 0 Å². The van der Waals surface area contributed by atoms with Crippen molar-refractivity contribution >= 4 is 12.0 Å². The highest BCUT2D eigenvalue weighted by Gasteiger charge is 2.41. The van der Waals surface area contributed by atoms with E-state index in [1.807, 2.05) is 6.92 Å². The number of amides is 2. The molecule has 0 aromatic rings. The Labute approximate surface area is 125 Å². The molecule has 0 aliphatic carbocycles. The van der Waals surface area contributed by atoms with E-state index in [2.05, 4.69) is 0 Å². The van der Waals surface area contributed by atoms with Gasteiger partial charge in [-0.3, -0.25) is 4.79 Å². The minimum atomic E-state index is -0.896. The van der Waals surface area contributed by atoms with Gasteiger partial charge in [-0.05, 0) is 19.3 Å². The molecule has 2 rings (SSSR count). The third kappa shape index (κ3) is 3.65. The Balaban J connectivity index is 2.07. The number of nitrogens with two attached hydrogens (primary N) is 1. The molecule has 0 spiro atoms. The second kappa shape index (κ2) is 7.09. The number of carboxylic acids is 1. The van der Waals surface area contributed by atoms with Crippen LogP contribution in [0.25, 0.3) is 0 Å². The number of likely N-dealkylation sites (tertiary alicyclic amines) is 1. The van der Waals surface area contributed by atoms with Crippen LogP contribution in [0.2, 0.25) is 0 Å². The number of hydrogen-bond donors (Lipinski definition) is 2. The molecule has 7 nitrogen and oxygen atoms in total. The van der Waals surface area contributed by atoms with E-state index in [9.17, 15) is 14.7 Å². The zero-order valence-corrected chi connectivity index (χ0v) is 12.5. The van der Waals surface area contributed by atoms with Crippen molar-refractivity contribution in [3.63, 3.8) is 0 Å². The summed E-state index contributed by atoms with van der Waals surface area (Å²) in [6.07, 6.45) is 2.40. The predicted octanol–water partition coefficient (Wildman–Crippen LogP) is 0.341. The van der Waals surface area contributed by atoms with E-state index in [1.54, 1.807) is 9.80 Å². The van der Waals surface area contributed by atoms with Gasteiger partial charge in [0.25, 0.3) is 0 Å². The number of ether oxygens (including phenoxy) is 1. The maximum Gasteiger partial charge on any atom is 0.320 e. The number of urea groups is 1. The zero-order valence-electron chi connectivity index (χ0n) is 12.5. The first-order valence-corrected chi connectivity index (χ1v) is 7.66. The normalized spacial score (nSPS) is 26.9. The summed E-state index contributed by atoms with van der Waals surface area (Å²) < 4.78 is 5.30. The number of carboxylic acid groups (broad SMARTS) is 1. The van der Waals surface area contributed by atoms with Crippen LogP contribution >= 0.6 is 0 Å². The van der Waals surface area contributed by atoms with Crippen LogP contribution in [0.1, 0.15) is 26.2 Å². The van der Waals surface area contributed by atoms with Gasteiger partial charge in [-0.25, -0.2) is 4.79 Å². The van der Waals surface area contributed by atoms with Crippen LogP contribution in [0.3, 0.4) is 0 Å². The van der Waals surface area contributed by atoms with E-state index in [1.165, 1.54) is 0 Å². The molecule has 2 atom stereocenters. The number of carbonyl (C=O) groups excluding carboxylic acids is 1. The highest BCUT2D eigenvalue weighted by molar-refractivity contribution is 5.77. The maximum absolute atomic E-state index is 12.7. The molecule has 3 N–H and O–H groups in total. The van der Waals surface area contributed by atoms with Gasteiger partial charge in [0, 0.05) is 25.7 Å². The number of hydrogen-bond acceptors (Lipinski definition) is 4. The molecule has 2 unspecified atom stereocenters. The van der Waals surface area contributed by atoms with E-state index in [0.717, 1.165) is 19.3 Å². The molecular formula is C14H25N3O4. The summed E-state index contributed by atoms with van der Waals surface area (Å²) in [4.78, 5) is 27.5. The monoisotopic (exact) mass is 299 g/mol. The van der Waals surface area contributed by atoms with Crippen LogP contribution in [-0.2, 0) is 9.53 Å². The average molecular weight is 299 g/mol. The lowest BCUT2D eigenvalue weighted by atomic mass is 10.0. The summed E-state index contributed by atoms with van der Waals surface area (Å²) in [6, 6.07) is -0.286. The largest absolute Gasteiger partial charge is 0.481 e. The van der Waals surface area contributed by atoms with E-state index < -0.39 is 11.9 Å². The van der Waals surface area contributed by atoms with Gasteiger partial charge < -0.3 is 25.4 Å². The average Bonchev–Trinajstić information content (AvgIpc) is 2.94. The molecule has 2 aliphatic heterocycles. The lowest BCUT2D eigenvalue weighted by Crippen LogP contribution is -2.54. The minimum Gasteiger partial charge on any atom is -0.481 e. The fraction of sp³-hybridized carbons (Fsp3) is 0.857. The molecule has 2 fully saturated rings. The Morgan fingerprint density at radius 3 is 2.57 bits per heavy atom. The topological polar surface area (TPSA) is 96.1 Å². The molecule has 2 saturated heterocycles. The summed E-state index contributed by atoms with van der Waals surface area (Å²) in [5, 5.41) is 9.28. The summed E-state index contributed by atoms with van der Waals surface area (Å²) in [5.41, 5.74) is 5.87. The fourth-order valence-electron chi connectivity index (χ4n) is 3.00. The van der Waals surface area contributed by atoms with E-state index in [4.69, 9.17) is 10.5 Å². The van der Waals surface area contributed by atoms with Crippen LogP contribution in [0, 0.1) is 5.92 Å². The maximum atomic E-state index is 12.7. The van der Waals surface area contributed by atoms with Gasteiger partial charge in [0.1, 0.15) is 5.92 Å². The molecule has 7 heteroatoms. The Hall–Kier alpha value is -1.34. The van der Waals surface area contributed by atoms with Crippen LogP contribution in [0.15, 0.2) is 0 Å². The van der Waals surface area contributed by atoms with Crippen LogP contribution in [-0.4, -0.2) is 71.8 Å². The first kappa shape index (κ1) is 16.0. The Kier molecular flexibility index (Phi) is 5.41. The van der Waals surface area contributed by atoms with Gasteiger partial charge in [-0.2, -0.15) is 0 Å². The smallest absolute Gasteiger partial charge is 0.320 e. The highest BCUT2D eigenvalue weighted by atomic mass is 16.5. The number of piperidine rings is 1. The van der Waals surface area contributed by atoms with Crippen LogP contribution in [0.4, 0.5) is 4.79 Å². The molecule has 120 valence electrons. The van der Waals surface area contributed by atoms with Crippen molar-refractivity contribution in [2.75, 3.05) is 32.8 Å². The Morgan fingerprint density at radius 1 is 1.33 bits per heavy atom. The minimum absolute atomic E-state index is 0.0782. The molecule has 21 heavy (non-hydrogen) atoms. The molecule has 0 bridgehead atoms. The Morgan fingerprint density at radius 2 is 2.00 bits per heavy atom. The molecule has 0 radical (unpaired) electrons. The number of carbonyl (C=O) groups is 2. The van der Waals surface area contributed by atoms with Gasteiger partial charge in [0.15, 0.2) is 0 Å². The summed E-state index contributed by atoms with van der Waals surface area (Å²) in [6.45, 7) is 4.31. The van der Waals surface area contributed by atoms with E-state index in [0.29, 0.717) is 26.2 Å². The first-order valence-electron chi connectivity index (χ1n) is 7.66. The number of nitrogens with zero attached hydrogens (tertiary/aromatic N) is 2. The molecule has 2 aliphatic rings. The van der Waals surface area contributed by atoms with Gasteiger partial charge >= 0.3 is 12.0 Å². The second-order valence-electron chi connectivity index (χ2n) is 5.85. The zero-order chi connectivity index (χ0) is 15.4. The SMILES string of the molecule is CCCN(C(=O)N1CCC(N)CC1)C1COCC1C(=O)O. The van der Waals surface area contributed by atoms with Crippen molar-refractivity contribution < 1.29 is 19.4 Å². The fourth-order valence-corrected chi connectivity index (χ4v) is 3.00. The van der Waals surface area contributed by atoms with Gasteiger partial charge in [-0.15, -0.1) is 0 Å². The molecule has 2 amide bonds. The third-order valence-electron chi connectivity index (χ3n) is 4.29. The number of aliphatic carboxylic acids is 1. The highest BCUT2D eigenvalue weighted by Crippen LogP contribution is 2.23. The van der Waals surface area contributed by atoms with Gasteiger partial charge in [0.05, 0.1) is 19.3 Å². The summed E-state index contributed by atoms with van der Waals surface area (Å²) in [5.74, 6) is -1.53. The van der Waals surface area contributed by atoms with Crippen molar-refractivity contribution in [2.24, 2.45) is 11.7 Å². The van der Waals surface area contributed by atoms with Gasteiger partial charge in [0.2, 0.25) is 0 Å². The number of rotatable bonds is 4. The quantitative estimate of drug-likeness (QED) is 0.780. The molecule has 0 aromatic carbocycles. The molecular weight excluding hydrogens is 274 g/mol. The van der Waals surface area contributed by atoms with E-state index in [-0.39, 0.29) is 24.7 Å².